The number of benzene rings is 2. The third-order valence-electron chi connectivity index (χ3n) is 6.62. The summed E-state index contributed by atoms with van der Waals surface area (Å²) in [6.45, 7) is 8.14. The third kappa shape index (κ3) is 5.78. The zero-order valence-electron chi connectivity index (χ0n) is 21.5. The van der Waals surface area contributed by atoms with Crippen molar-refractivity contribution in [2.24, 2.45) is 11.8 Å². The molecule has 0 aliphatic heterocycles. The number of esters is 1. The fourth-order valence-electron chi connectivity index (χ4n) is 4.63. The summed E-state index contributed by atoms with van der Waals surface area (Å²) in [5.41, 5.74) is 1.03. The van der Waals surface area contributed by atoms with E-state index in [1.54, 1.807) is 22.7 Å². The highest BCUT2D eigenvalue weighted by Gasteiger charge is 2.34. The van der Waals surface area contributed by atoms with E-state index >= 15 is 0 Å². The lowest BCUT2D eigenvalue weighted by atomic mass is 9.82. The fraction of sp³-hybridized carbons (Fsp3) is 0.414. The molecule has 0 bridgehead atoms. The molecule has 0 unspecified atom stereocenters. The van der Waals surface area contributed by atoms with E-state index < -0.39 is 5.97 Å². The molecular weight excluding hydrogens is 454 g/mol. The van der Waals surface area contributed by atoms with Gasteiger partial charge in [0.2, 0.25) is 5.91 Å². The number of para-hydroxylation sites is 1. The molecule has 1 amide bonds. The van der Waals surface area contributed by atoms with E-state index in [-0.39, 0.29) is 30.0 Å². The molecule has 1 aliphatic carbocycles. The number of rotatable bonds is 8. The maximum atomic E-state index is 13.7. The second kappa shape index (κ2) is 11.4. The van der Waals surface area contributed by atoms with Crippen molar-refractivity contribution in [2.45, 2.75) is 59.4 Å². The predicted molar refractivity (Wildman–Crippen MR) is 140 cm³/mol. The van der Waals surface area contributed by atoms with Gasteiger partial charge in [-0.25, -0.2) is 9.48 Å². The number of ether oxygens (including phenoxy) is 2. The molecule has 36 heavy (non-hydrogen) atoms. The summed E-state index contributed by atoms with van der Waals surface area (Å²) in [6, 6.07) is 16.8. The van der Waals surface area contributed by atoms with Crippen molar-refractivity contribution in [1.82, 2.24) is 9.78 Å². The molecule has 3 aromatic rings. The Hall–Kier alpha value is -3.61. The van der Waals surface area contributed by atoms with E-state index in [1.165, 1.54) is 0 Å². The summed E-state index contributed by atoms with van der Waals surface area (Å²) >= 11 is 0. The van der Waals surface area contributed by atoms with Gasteiger partial charge < -0.3 is 9.47 Å². The average Bonchev–Trinajstić information content (AvgIpc) is 3.30. The molecule has 0 N–H and O–H groups in total. The summed E-state index contributed by atoms with van der Waals surface area (Å²) in [5.74, 6) is 1.91. The van der Waals surface area contributed by atoms with Crippen LogP contribution in [0, 0.1) is 11.8 Å². The minimum Gasteiger partial charge on any atom is -0.462 e. The molecule has 2 aromatic carbocycles. The Kier molecular flexibility index (Phi) is 8.08. The van der Waals surface area contributed by atoms with Gasteiger partial charge in [-0.3, -0.25) is 9.69 Å². The van der Waals surface area contributed by atoms with Gasteiger partial charge in [-0.05, 0) is 88.8 Å². The lowest BCUT2D eigenvalue weighted by Crippen LogP contribution is -2.43. The van der Waals surface area contributed by atoms with Crippen molar-refractivity contribution >= 4 is 17.7 Å². The Morgan fingerprint density at radius 3 is 2.25 bits per heavy atom. The van der Waals surface area contributed by atoms with E-state index in [0.717, 1.165) is 37.1 Å². The van der Waals surface area contributed by atoms with Crippen LogP contribution in [0.5, 0.6) is 11.5 Å². The van der Waals surface area contributed by atoms with Crippen molar-refractivity contribution in [3.8, 4) is 17.2 Å². The molecule has 7 nitrogen and oxygen atoms in total. The predicted octanol–water partition coefficient (Wildman–Crippen LogP) is 6.41. The second-order valence-electron chi connectivity index (χ2n) is 9.70. The van der Waals surface area contributed by atoms with Gasteiger partial charge >= 0.3 is 5.97 Å². The van der Waals surface area contributed by atoms with Crippen LogP contribution in [0.15, 0.2) is 60.8 Å². The van der Waals surface area contributed by atoms with Gasteiger partial charge in [-0.1, -0.05) is 25.1 Å². The van der Waals surface area contributed by atoms with Crippen molar-refractivity contribution in [3.05, 3.63) is 66.4 Å². The van der Waals surface area contributed by atoms with Crippen LogP contribution in [0.25, 0.3) is 5.69 Å². The van der Waals surface area contributed by atoms with Crippen LogP contribution < -0.4 is 9.64 Å². The number of hydrogen-bond acceptors (Lipinski definition) is 5. The highest BCUT2D eigenvalue weighted by Crippen LogP contribution is 2.33. The van der Waals surface area contributed by atoms with E-state index in [1.807, 2.05) is 68.4 Å². The molecule has 190 valence electrons. The number of amides is 1. The maximum Gasteiger partial charge on any atom is 0.343 e. The number of aromatic nitrogens is 2. The Morgan fingerprint density at radius 2 is 1.64 bits per heavy atom. The number of anilines is 1. The lowest BCUT2D eigenvalue weighted by molar-refractivity contribution is -0.124. The monoisotopic (exact) mass is 489 g/mol. The Balaban J connectivity index is 1.65. The third-order valence-corrected chi connectivity index (χ3v) is 6.62. The standard InChI is InChI=1S/C29H35N3O4/c1-5-35-29(34)26-19-31(23-15-17-25(18-16-23)36-24-9-7-6-8-10-24)30-27(26)32(20(2)3)28(33)22-13-11-21(4)12-14-22/h6-10,15-22H,5,11-14H2,1-4H3/t21-,22-. The lowest BCUT2D eigenvalue weighted by Gasteiger charge is -2.32. The molecule has 1 saturated carbocycles. The molecular formula is C29H35N3O4. The molecule has 1 heterocycles. The van der Waals surface area contributed by atoms with Crippen LogP contribution >= 0.6 is 0 Å². The first-order valence-corrected chi connectivity index (χ1v) is 12.8. The molecule has 1 aromatic heterocycles. The fourth-order valence-corrected chi connectivity index (χ4v) is 4.63. The van der Waals surface area contributed by atoms with Gasteiger partial charge in [0.15, 0.2) is 5.82 Å². The molecule has 1 fully saturated rings. The van der Waals surface area contributed by atoms with Crippen LogP contribution in [0.1, 0.15) is 63.7 Å². The van der Waals surface area contributed by atoms with Crippen LogP contribution in [0.2, 0.25) is 0 Å². The molecule has 7 heteroatoms. The summed E-state index contributed by atoms with van der Waals surface area (Å²) in [7, 11) is 0. The summed E-state index contributed by atoms with van der Waals surface area (Å²) in [5, 5.41) is 4.73. The smallest absolute Gasteiger partial charge is 0.343 e. The average molecular weight is 490 g/mol. The molecule has 0 spiro atoms. The summed E-state index contributed by atoms with van der Waals surface area (Å²) < 4.78 is 12.8. The summed E-state index contributed by atoms with van der Waals surface area (Å²) in [4.78, 5) is 28.2. The van der Waals surface area contributed by atoms with Gasteiger partial charge in [0.05, 0.1) is 12.3 Å². The van der Waals surface area contributed by atoms with E-state index in [4.69, 9.17) is 14.6 Å². The number of nitrogens with zero attached hydrogens (tertiary/aromatic N) is 3. The van der Waals surface area contributed by atoms with Gasteiger partial charge in [-0.15, -0.1) is 5.10 Å². The van der Waals surface area contributed by atoms with Crippen molar-refractivity contribution in [2.75, 3.05) is 11.5 Å². The van der Waals surface area contributed by atoms with Crippen LogP contribution in [-0.2, 0) is 9.53 Å². The van der Waals surface area contributed by atoms with Crippen molar-refractivity contribution < 1.29 is 19.1 Å². The van der Waals surface area contributed by atoms with Crippen molar-refractivity contribution in [3.63, 3.8) is 0 Å². The molecule has 0 saturated heterocycles. The first-order valence-electron chi connectivity index (χ1n) is 12.8. The second-order valence-corrected chi connectivity index (χ2v) is 9.70. The Morgan fingerprint density at radius 1 is 1.00 bits per heavy atom. The van der Waals surface area contributed by atoms with Crippen LogP contribution in [-0.4, -0.2) is 34.3 Å². The largest absolute Gasteiger partial charge is 0.462 e. The first kappa shape index (κ1) is 25.5. The van der Waals surface area contributed by atoms with Crippen LogP contribution in [0.3, 0.4) is 0 Å². The number of hydrogen-bond donors (Lipinski definition) is 0. The molecule has 1 aliphatic rings. The highest BCUT2D eigenvalue weighted by atomic mass is 16.5. The maximum absolute atomic E-state index is 13.7. The minimum atomic E-state index is -0.488. The Labute approximate surface area is 213 Å². The Bertz CT molecular complexity index is 1160. The van der Waals surface area contributed by atoms with Crippen LogP contribution in [0.4, 0.5) is 5.82 Å². The quantitative estimate of drug-likeness (QED) is 0.342. The zero-order chi connectivity index (χ0) is 25.7. The summed E-state index contributed by atoms with van der Waals surface area (Å²) in [6.07, 6.45) is 5.45. The van der Waals surface area contributed by atoms with Gasteiger partial charge in [-0.2, -0.15) is 0 Å². The number of carbonyl (C=O) groups is 2. The van der Waals surface area contributed by atoms with Crippen molar-refractivity contribution in [1.29, 1.82) is 0 Å². The van der Waals surface area contributed by atoms with Gasteiger partial charge in [0, 0.05) is 18.2 Å². The topological polar surface area (TPSA) is 73.7 Å². The molecule has 0 atom stereocenters. The highest BCUT2D eigenvalue weighted by molar-refractivity contribution is 6.02. The first-order chi connectivity index (χ1) is 17.4. The van der Waals surface area contributed by atoms with E-state index in [2.05, 4.69) is 6.92 Å². The minimum absolute atomic E-state index is 0.0271. The number of carbonyl (C=O) groups excluding carboxylic acids is 2. The van der Waals surface area contributed by atoms with E-state index in [0.29, 0.717) is 17.5 Å². The molecule has 0 radical (unpaired) electrons. The zero-order valence-corrected chi connectivity index (χ0v) is 21.5. The molecule has 4 rings (SSSR count). The van der Waals surface area contributed by atoms with Gasteiger partial charge in [0.25, 0.3) is 0 Å². The van der Waals surface area contributed by atoms with Gasteiger partial charge in [0.1, 0.15) is 17.1 Å². The van der Waals surface area contributed by atoms with E-state index in [9.17, 15) is 9.59 Å². The SMILES string of the molecule is CCOC(=O)c1cn(-c2ccc(Oc3ccccc3)cc2)nc1N(C(=O)[C@H]1CC[C@H](C)CC1)C(C)C. The normalized spacial score (nSPS) is 17.6.